The van der Waals surface area contributed by atoms with Crippen LogP contribution in [0.3, 0.4) is 0 Å². The van der Waals surface area contributed by atoms with Gasteiger partial charge < -0.3 is 0 Å². The van der Waals surface area contributed by atoms with Crippen LogP contribution in [0.5, 0.6) is 0 Å². The van der Waals surface area contributed by atoms with Crippen LogP contribution >= 0.6 is 0 Å². The number of rotatable bonds is 15. The molecule has 0 aromatic heterocycles. The Morgan fingerprint density at radius 1 is 0.375 bits per heavy atom. The van der Waals surface area contributed by atoms with E-state index in [0.717, 1.165) is 35.5 Å². The Balaban J connectivity index is 5.48. The lowest BCUT2D eigenvalue weighted by atomic mass is 9.63. The van der Waals surface area contributed by atoms with Crippen molar-refractivity contribution in [2.45, 2.75) is 120 Å². The zero-order valence-corrected chi connectivity index (χ0v) is 18.5. The average Bonchev–Trinajstić information content (AvgIpc) is 2.61. The number of hydrogen-bond donors (Lipinski definition) is 0. The molecule has 6 unspecified atom stereocenters. The van der Waals surface area contributed by atoms with E-state index in [9.17, 15) is 0 Å². The molecule has 0 radical (unpaired) electrons. The Bertz CT molecular complexity index is 241. The van der Waals surface area contributed by atoms with Crippen LogP contribution in [0.1, 0.15) is 120 Å². The lowest BCUT2D eigenvalue weighted by Crippen LogP contribution is -2.35. The second-order valence-electron chi connectivity index (χ2n) is 8.20. The monoisotopic (exact) mass is 338 g/mol. The predicted octanol–water partition coefficient (Wildman–Crippen LogP) is 8.74. The van der Waals surface area contributed by atoms with Crippen molar-refractivity contribution >= 4 is 0 Å². The second kappa shape index (κ2) is 14.2. The van der Waals surface area contributed by atoms with Crippen molar-refractivity contribution in [3.63, 3.8) is 0 Å². The van der Waals surface area contributed by atoms with E-state index >= 15 is 0 Å². The molecule has 0 heterocycles. The first kappa shape index (κ1) is 24.0. The molecule has 0 saturated carbocycles. The Kier molecular flexibility index (Phi) is 14.2. The van der Waals surface area contributed by atoms with Gasteiger partial charge >= 0.3 is 0 Å². The van der Waals surface area contributed by atoms with Gasteiger partial charge in [0.05, 0.1) is 0 Å². The van der Waals surface area contributed by atoms with Crippen molar-refractivity contribution < 1.29 is 0 Å². The lowest BCUT2D eigenvalue weighted by Gasteiger charge is -2.43. The Hall–Kier alpha value is 0. The average molecular weight is 339 g/mol. The van der Waals surface area contributed by atoms with Gasteiger partial charge in [0.1, 0.15) is 0 Å². The molecule has 0 rings (SSSR count). The first-order valence-corrected chi connectivity index (χ1v) is 11.6. The number of hydrogen-bond acceptors (Lipinski definition) is 0. The molecule has 0 amide bonds. The van der Waals surface area contributed by atoms with E-state index in [-0.39, 0.29) is 0 Å². The third-order valence-corrected chi connectivity index (χ3v) is 7.11. The van der Waals surface area contributed by atoms with E-state index in [2.05, 4.69) is 55.4 Å². The lowest BCUT2D eigenvalue weighted by molar-refractivity contribution is 0.0656. The molecule has 0 aliphatic carbocycles. The molecule has 0 N–H and O–H groups in total. The summed E-state index contributed by atoms with van der Waals surface area (Å²) in [5.74, 6) is 5.65. The van der Waals surface area contributed by atoms with Gasteiger partial charge in [-0.2, -0.15) is 0 Å². The van der Waals surface area contributed by atoms with Gasteiger partial charge in [-0.3, -0.25) is 0 Å². The van der Waals surface area contributed by atoms with Crippen LogP contribution in [0.4, 0.5) is 0 Å². The molecule has 6 atom stereocenters. The van der Waals surface area contributed by atoms with Crippen molar-refractivity contribution in [3.05, 3.63) is 0 Å². The van der Waals surface area contributed by atoms with Crippen molar-refractivity contribution in [3.8, 4) is 0 Å². The van der Waals surface area contributed by atoms with Crippen LogP contribution in [0.25, 0.3) is 0 Å². The highest BCUT2D eigenvalue weighted by Gasteiger charge is 2.36. The topological polar surface area (TPSA) is 0 Å². The molecule has 146 valence electrons. The Labute approximate surface area is 155 Å². The highest BCUT2D eigenvalue weighted by atomic mass is 14.4. The van der Waals surface area contributed by atoms with Gasteiger partial charge in [-0.25, -0.2) is 0 Å². The SMILES string of the molecule is CCCC(CC)C(CC)C(CC)C(CC)C(CC)C(CC)CCC. The van der Waals surface area contributed by atoms with E-state index < -0.39 is 0 Å². The van der Waals surface area contributed by atoms with Gasteiger partial charge in [0.25, 0.3) is 0 Å². The third-order valence-electron chi connectivity index (χ3n) is 7.11. The van der Waals surface area contributed by atoms with Gasteiger partial charge in [0, 0.05) is 0 Å². The zero-order valence-electron chi connectivity index (χ0n) is 18.5. The summed E-state index contributed by atoms with van der Waals surface area (Å²) in [7, 11) is 0. The minimum atomic E-state index is 0.937. The van der Waals surface area contributed by atoms with Crippen LogP contribution in [0.15, 0.2) is 0 Å². The zero-order chi connectivity index (χ0) is 18.5. The fourth-order valence-corrected chi connectivity index (χ4v) is 6.00. The van der Waals surface area contributed by atoms with Gasteiger partial charge in [0.15, 0.2) is 0 Å². The van der Waals surface area contributed by atoms with E-state index in [1.807, 2.05) is 0 Å². The third kappa shape index (κ3) is 6.72. The molecule has 0 spiro atoms. The van der Waals surface area contributed by atoms with Gasteiger partial charge in [-0.05, 0) is 35.5 Å². The molecule has 0 aliphatic heterocycles. The van der Waals surface area contributed by atoms with E-state index in [4.69, 9.17) is 0 Å². The van der Waals surface area contributed by atoms with Crippen LogP contribution in [0, 0.1) is 35.5 Å². The minimum absolute atomic E-state index is 0.937. The summed E-state index contributed by atoms with van der Waals surface area (Å²) in [6.07, 6.45) is 13.9. The maximum Gasteiger partial charge on any atom is -0.0355 e. The molecule has 0 fully saturated rings. The first-order valence-electron chi connectivity index (χ1n) is 11.6. The maximum atomic E-state index is 2.47. The van der Waals surface area contributed by atoms with Gasteiger partial charge in [-0.1, -0.05) is 120 Å². The molecule has 0 bridgehead atoms. The summed E-state index contributed by atoms with van der Waals surface area (Å²) < 4.78 is 0. The van der Waals surface area contributed by atoms with Gasteiger partial charge in [0.2, 0.25) is 0 Å². The predicted molar refractivity (Wildman–Crippen MR) is 113 cm³/mol. The maximum absolute atomic E-state index is 2.47. The van der Waals surface area contributed by atoms with Crippen LogP contribution < -0.4 is 0 Å². The molecule has 0 heteroatoms. The molecule has 0 aliphatic rings. The molecular formula is C24H50. The molecule has 0 nitrogen and oxygen atoms in total. The highest BCUT2D eigenvalue weighted by Crippen LogP contribution is 2.44. The summed E-state index contributed by atoms with van der Waals surface area (Å²) in [5, 5.41) is 0. The van der Waals surface area contributed by atoms with E-state index in [1.165, 1.54) is 64.2 Å². The van der Waals surface area contributed by atoms with Crippen molar-refractivity contribution in [2.24, 2.45) is 35.5 Å². The highest BCUT2D eigenvalue weighted by molar-refractivity contribution is 4.85. The van der Waals surface area contributed by atoms with Crippen LogP contribution in [-0.4, -0.2) is 0 Å². The van der Waals surface area contributed by atoms with Crippen molar-refractivity contribution in [1.29, 1.82) is 0 Å². The smallest absolute Gasteiger partial charge is 0.0355 e. The van der Waals surface area contributed by atoms with E-state index in [0.29, 0.717) is 0 Å². The normalized spacial score (nSPS) is 19.5. The minimum Gasteiger partial charge on any atom is -0.0654 e. The summed E-state index contributed by atoms with van der Waals surface area (Å²) in [6, 6.07) is 0. The molecule has 24 heavy (non-hydrogen) atoms. The summed E-state index contributed by atoms with van der Waals surface area (Å²) in [4.78, 5) is 0. The van der Waals surface area contributed by atoms with Crippen LogP contribution in [0.2, 0.25) is 0 Å². The van der Waals surface area contributed by atoms with Crippen molar-refractivity contribution in [1.82, 2.24) is 0 Å². The second-order valence-corrected chi connectivity index (χ2v) is 8.20. The molecule has 0 aromatic rings. The Morgan fingerprint density at radius 2 is 0.667 bits per heavy atom. The van der Waals surface area contributed by atoms with Gasteiger partial charge in [-0.15, -0.1) is 0 Å². The summed E-state index contributed by atoms with van der Waals surface area (Å²) in [6.45, 7) is 19.5. The molecule has 0 aromatic carbocycles. The Morgan fingerprint density at radius 3 is 0.833 bits per heavy atom. The van der Waals surface area contributed by atoms with Crippen molar-refractivity contribution in [2.75, 3.05) is 0 Å². The van der Waals surface area contributed by atoms with Crippen LogP contribution in [-0.2, 0) is 0 Å². The van der Waals surface area contributed by atoms with E-state index in [1.54, 1.807) is 0 Å². The summed E-state index contributed by atoms with van der Waals surface area (Å²) >= 11 is 0. The summed E-state index contributed by atoms with van der Waals surface area (Å²) in [5.41, 5.74) is 0. The first-order chi connectivity index (χ1) is 11.6. The largest absolute Gasteiger partial charge is 0.0654 e. The standard InChI is InChI=1S/C24H50/c1-9-17-19(11-3)21(13-5)23(15-7)24(16-8)22(14-6)20(12-4)18-10-2/h19-24H,9-18H2,1-8H3. The molecular weight excluding hydrogens is 288 g/mol. The fourth-order valence-electron chi connectivity index (χ4n) is 6.00. The quantitative estimate of drug-likeness (QED) is 0.280. The fraction of sp³-hybridized carbons (Fsp3) is 1.00. The molecule has 0 saturated heterocycles.